The number of nitrogens with zero attached hydrogens (tertiary/aromatic N) is 2. The van der Waals surface area contributed by atoms with Crippen molar-refractivity contribution in [3.8, 4) is 17.2 Å². The second kappa shape index (κ2) is 10.9. The first kappa shape index (κ1) is 21.3. The highest BCUT2D eigenvalue weighted by molar-refractivity contribution is 7.09. The minimum absolute atomic E-state index is 0.235. The van der Waals surface area contributed by atoms with Crippen molar-refractivity contribution < 1.29 is 19.1 Å². The molecule has 0 N–H and O–H groups in total. The summed E-state index contributed by atoms with van der Waals surface area (Å²) in [6, 6.07) is 17.4. The molecule has 1 saturated heterocycles. The van der Waals surface area contributed by atoms with E-state index in [1.807, 2.05) is 60.0 Å². The van der Waals surface area contributed by atoms with Crippen LogP contribution in [0.15, 0.2) is 66.2 Å². The van der Waals surface area contributed by atoms with Gasteiger partial charge in [-0.05, 0) is 49.4 Å². The van der Waals surface area contributed by atoms with Gasteiger partial charge in [0.1, 0.15) is 22.3 Å². The molecule has 2 heterocycles. The van der Waals surface area contributed by atoms with Gasteiger partial charge in [0.25, 0.3) is 0 Å². The minimum Gasteiger partial charge on any atom is -0.493 e. The molecule has 31 heavy (non-hydrogen) atoms. The number of ether oxygens (including phenoxy) is 2. The Balaban J connectivity index is 1.15. The van der Waals surface area contributed by atoms with E-state index in [0.29, 0.717) is 12.5 Å². The van der Waals surface area contributed by atoms with Crippen molar-refractivity contribution >= 4 is 17.3 Å². The van der Waals surface area contributed by atoms with Crippen LogP contribution in [0.5, 0.6) is 17.2 Å². The summed E-state index contributed by atoms with van der Waals surface area (Å²) in [5, 5.41) is 4.43. The van der Waals surface area contributed by atoms with Crippen molar-refractivity contribution in [1.29, 1.82) is 0 Å². The summed E-state index contributed by atoms with van der Waals surface area (Å²) in [6.07, 6.45) is 4.90. The molecule has 162 valence electrons. The van der Waals surface area contributed by atoms with E-state index in [2.05, 4.69) is 4.98 Å². The quantitative estimate of drug-likeness (QED) is 0.462. The highest BCUT2D eigenvalue weighted by Gasteiger charge is 2.22. The Morgan fingerprint density at radius 1 is 1.03 bits per heavy atom. The van der Waals surface area contributed by atoms with E-state index in [4.69, 9.17) is 14.3 Å². The van der Waals surface area contributed by atoms with Crippen LogP contribution in [0, 0.1) is 5.92 Å². The molecule has 1 aliphatic heterocycles. The Kier molecular flexibility index (Phi) is 7.52. The molecule has 0 aliphatic carbocycles. The first-order valence-electron chi connectivity index (χ1n) is 10.5. The van der Waals surface area contributed by atoms with E-state index >= 15 is 0 Å². The van der Waals surface area contributed by atoms with Crippen LogP contribution in [0.25, 0.3) is 0 Å². The van der Waals surface area contributed by atoms with Gasteiger partial charge in [-0.1, -0.05) is 24.3 Å². The average Bonchev–Trinajstić information content (AvgIpc) is 3.29. The Hall–Kier alpha value is -2.90. The lowest BCUT2D eigenvalue weighted by Crippen LogP contribution is -2.36. The third kappa shape index (κ3) is 6.80. The van der Waals surface area contributed by atoms with Gasteiger partial charge in [-0.25, -0.2) is 9.78 Å². The van der Waals surface area contributed by atoms with Crippen LogP contribution in [0.1, 0.15) is 24.3 Å². The molecule has 2 aromatic carbocycles. The fourth-order valence-electron chi connectivity index (χ4n) is 3.52. The van der Waals surface area contributed by atoms with E-state index < -0.39 is 0 Å². The summed E-state index contributed by atoms with van der Waals surface area (Å²) >= 11 is 1.47. The maximum Gasteiger partial charge on any atom is 0.331 e. The second-order valence-electron chi connectivity index (χ2n) is 7.47. The molecule has 1 fully saturated rings. The van der Waals surface area contributed by atoms with Crippen LogP contribution in [0.4, 0.5) is 0 Å². The number of hydrogen-bond acceptors (Lipinski definition) is 7. The molecular weight excluding hydrogens is 412 g/mol. The van der Waals surface area contributed by atoms with Crippen LogP contribution in [-0.2, 0) is 16.1 Å². The second-order valence-corrected chi connectivity index (χ2v) is 8.44. The average molecular weight is 439 g/mol. The van der Waals surface area contributed by atoms with Gasteiger partial charge < -0.3 is 14.3 Å². The first-order valence-corrected chi connectivity index (χ1v) is 11.4. The molecule has 1 aromatic heterocycles. The number of hydrogen-bond donors (Lipinski definition) is 0. The predicted molar refractivity (Wildman–Crippen MR) is 119 cm³/mol. The topological polar surface area (TPSA) is 60.9 Å². The van der Waals surface area contributed by atoms with Crippen molar-refractivity contribution in [2.45, 2.75) is 25.7 Å². The van der Waals surface area contributed by atoms with Gasteiger partial charge in [0.15, 0.2) is 0 Å². The van der Waals surface area contributed by atoms with Crippen molar-refractivity contribution in [2.75, 3.05) is 19.7 Å². The van der Waals surface area contributed by atoms with Crippen LogP contribution < -0.4 is 9.47 Å². The summed E-state index contributed by atoms with van der Waals surface area (Å²) in [7, 11) is 0. The minimum atomic E-state index is -0.241. The lowest BCUT2D eigenvalue weighted by atomic mass is 9.95. The first-order chi connectivity index (χ1) is 15.2. The van der Waals surface area contributed by atoms with Crippen LogP contribution >= 0.6 is 11.3 Å². The SMILES string of the molecule is O=C(Cc1nccs1)ON1CCC(CCOc2cccc(Oc3ccccc3)c2)CC1. The summed E-state index contributed by atoms with van der Waals surface area (Å²) in [5.74, 6) is 2.70. The fourth-order valence-corrected chi connectivity index (χ4v) is 4.13. The molecular formula is C24H26N2O4S. The predicted octanol–water partition coefficient (Wildman–Crippen LogP) is 5.12. The van der Waals surface area contributed by atoms with Crippen LogP contribution in [0.3, 0.4) is 0 Å². The molecule has 0 bridgehead atoms. The van der Waals surface area contributed by atoms with E-state index in [1.165, 1.54) is 11.3 Å². The van der Waals surface area contributed by atoms with Crippen LogP contribution in [-0.4, -0.2) is 35.7 Å². The van der Waals surface area contributed by atoms with Gasteiger partial charge in [0.05, 0.1) is 13.0 Å². The number of piperidine rings is 1. The molecule has 0 atom stereocenters. The van der Waals surface area contributed by atoms with Crippen molar-refractivity contribution in [3.05, 3.63) is 71.2 Å². The van der Waals surface area contributed by atoms with Crippen LogP contribution in [0.2, 0.25) is 0 Å². The van der Waals surface area contributed by atoms with Crippen molar-refractivity contribution in [2.24, 2.45) is 5.92 Å². The normalized spacial score (nSPS) is 14.8. The molecule has 1 aliphatic rings. The van der Waals surface area contributed by atoms with Crippen molar-refractivity contribution in [1.82, 2.24) is 10.0 Å². The molecule has 4 rings (SSSR count). The van der Waals surface area contributed by atoms with Gasteiger partial charge in [0, 0.05) is 30.7 Å². The van der Waals surface area contributed by atoms with Crippen molar-refractivity contribution in [3.63, 3.8) is 0 Å². The lowest BCUT2D eigenvalue weighted by Gasteiger charge is -2.30. The van der Waals surface area contributed by atoms with Gasteiger partial charge in [-0.2, -0.15) is 0 Å². The van der Waals surface area contributed by atoms with E-state index in [9.17, 15) is 4.79 Å². The summed E-state index contributed by atoms with van der Waals surface area (Å²) in [4.78, 5) is 21.6. The van der Waals surface area contributed by atoms with E-state index in [0.717, 1.165) is 54.6 Å². The zero-order valence-electron chi connectivity index (χ0n) is 17.3. The monoisotopic (exact) mass is 438 g/mol. The Bertz CT molecular complexity index is 941. The number of thiazole rings is 1. The number of benzene rings is 2. The van der Waals surface area contributed by atoms with E-state index in [-0.39, 0.29) is 12.4 Å². The third-order valence-corrected chi connectivity index (χ3v) is 5.94. The molecule has 3 aromatic rings. The summed E-state index contributed by atoms with van der Waals surface area (Å²) in [6.45, 7) is 2.17. The highest BCUT2D eigenvalue weighted by Crippen LogP contribution is 2.26. The molecule has 7 heteroatoms. The number of hydroxylamine groups is 2. The number of aromatic nitrogens is 1. The Labute approximate surface area is 186 Å². The van der Waals surface area contributed by atoms with Gasteiger partial charge in [-0.3, -0.25) is 0 Å². The molecule has 0 amide bonds. The number of para-hydroxylation sites is 1. The molecule has 0 spiro atoms. The Morgan fingerprint density at radius 3 is 2.58 bits per heavy atom. The van der Waals surface area contributed by atoms with E-state index in [1.54, 1.807) is 11.3 Å². The maximum absolute atomic E-state index is 12.0. The zero-order chi connectivity index (χ0) is 21.3. The molecule has 0 saturated carbocycles. The lowest BCUT2D eigenvalue weighted by molar-refractivity contribution is -0.196. The summed E-state index contributed by atoms with van der Waals surface area (Å²) in [5.41, 5.74) is 0. The molecule has 6 nitrogen and oxygen atoms in total. The van der Waals surface area contributed by atoms with Gasteiger partial charge >= 0.3 is 5.97 Å². The standard InChI is InChI=1S/C24H26N2O4S/c27-24(18-23-25-12-16-31-23)30-26-13-9-19(10-14-26)11-15-28-21-7-4-8-22(17-21)29-20-5-2-1-3-6-20/h1-8,12,16-17,19H,9-11,13-15,18H2. The smallest absolute Gasteiger partial charge is 0.331 e. The zero-order valence-corrected chi connectivity index (χ0v) is 18.1. The van der Waals surface area contributed by atoms with Gasteiger partial charge in [-0.15, -0.1) is 16.4 Å². The number of rotatable bonds is 9. The van der Waals surface area contributed by atoms with Gasteiger partial charge in [0.2, 0.25) is 0 Å². The summed E-state index contributed by atoms with van der Waals surface area (Å²) < 4.78 is 11.8. The number of carbonyl (C=O) groups is 1. The Morgan fingerprint density at radius 2 is 1.81 bits per heavy atom. The molecule has 0 unspecified atom stereocenters. The highest BCUT2D eigenvalue weighted by atomic mass is 32.1. The largest absolute Gasteiger partial charge is 0.493 e. The fraction of sp³-hybridized carbons (Fsp3) is 0.333. The number of carbonyl (C=O) groups excluding carboxylic acids is 1. The third-order valence-electron chi connectivity index (χ3n) is 5.16. The maximum atomic E-state index is 12.0. The molecule has 0 radical (unpaired) electrons.